The maximum Gasteiger partial charge on any atom is 0.135 e. The number of hydrogen-bond donors (Lipinski definition) is 2. The fourth-order valence-corrected chi connectivity index (χ4v) is 2.86. The molecule has 0 aliphatic rings. The maximum absolute atomic E-state index is 13.8. The van der Waals surface area contributed by atoms with Gasteiger partial charge >= 0.3 is 0 Å². The molecule has 0 radical (unpaired) electrons. The van der Waals surface area contributed by atoms with Gasteiger partial charge in [-0.05, 0) is 44.2 Å². The van der Waals surface area contributed by atoms with E-state index in [1.165, 1.54) is 15.8 Å². The van der Waals surface area contributed by atoms with Crippen LogP contribution in [0, 0.1) is 12.7 Å². The van der Waals surface area contributed by atoms with Gasteiger partial charge in [-0.1, -0.05) is 12.2 Å². The molecule has 3 N–H and O–H groups in total. The van der Waals surface area contributed by atoms with E-state index >= 15 is 0 Å². The van der Waals surface area contributed by atoms with Gasteiger partial charge in [0.2, 0.25) is 0 Å². The number of aryl methyl sites for hydroxylation is 1. The van der Waals surface area contributed by atoms with E-state index in [2.05, 4.69) is 24.4 Å². The lowest BCUT2D eigenvalue weighted by Crippen LogP contribution is -2.12. The third kappa shape index (κ3) is 3.30. The van der Waals surface area contributed by atoms with Crippen molar-refractivity contribution < 1.29 is 4.39 Å². The highest BCUT2D eigenvalue weighted by Gasteiger charge is 2.10. The van der Waals surface area contributed by atoms with Crippen molar-refractivity contribution in [3.05, 3.63) is 51.5 Å². The average Bonchev–Trinajstić information content (AvgIpc) is 2.75. The zero-order valence-corrected chi connectivity index (χ0v) is 12.4. The number of nitrogens with two attached hydrogens (primary N) is 1. The highest BCUT2D eigenvalue weighted by atomic mass is 32.1. The van der Waals surface area contributed by atoms with Crippen molar-refractivity contribution in [2.45, 2.75) is 19.9 Å². The zero-order valence-electron chi connectivity index (χ0n) is 10.7. The highest BCUT2D eigenvalue weighted by Crippen LogP contribution is 2.26. The van der Waals surface area contributed by atoms with Gasteiger partial charge in [0.1, 0.15) is 10.8 Å². The molecule has 0 fully saturated rings. The Labute approximate surface area is 121 Å². The Morgan fingerprint density at radius 3 is 2.63 bits per heavy atom. The van der Waals surface area contributed by atoms with Crippen LogP contribution in [0.5, 0.6) is 0 Å². The summed E-state index contributed by atoms with van der Waals surface area (Å²) in [6.07, 6.45) is 0. The van der Waals surface area contributed by atoms with Crippen LogP contribution in [0.15, 0.2) is 30.3 Å². The summed E-state index contributed by atoms with van der Waals surface area (Å²) in [5.74, 6) is -0.396. The number of halogens is 1. The van der Waals surface area contributed by atoms with Gasteiger partial charge in [0, 0.05) is 21.0 Å². The van der Waals surface area contributed by atoms with Gasteiger partial charge in [-0.25, -0.2) is 4.39 Å². The summed E-state index contributed by atoms with van der Waals surface area (Å²) in [5.41, 5.74) is 6.43. The first-order valence-corrected chi connectivity index (χ1v) is 7.12. The molecule has 1 unspecified atom stereocenters. The Hall–Kier alpha value is -1.46. The minimum absolute atomic E-state index is 0.0750. The Morgan fingerprint density at radius 2 is 2.11 bits per heavy atom. The van der Waals surface area contributed by atoms with Crippen LogP contribution >= 0.6 is 23.6 Å². The molecular weight excluding hydrogens is 279 g/mol. The van der Waals surface area contributed by atoms with E-state index in [1.54, 1.807) is 23.5 Å². The predicted octanol–water partition coefficient (Wildman–Crippen LogP) is 4.00. The summed E-state index contributed by atoms with van der Waals surface area (Å²) >= 11 is 6.51. The van der Waals surface area contributed by atoms with Crippen molar-refractivity contribution in [3.63, 3.8) is 0 Å². The van der Waals surface area contributed by atoms with Crippen LogP contribution in [-0.4, -0.2) is 4.99 Å². The number of benzene rings is 1. The number of rotatable bonds is 4. The molecule has 100 valence electrons. The molecule has 0 bridgehead atoms. The van der Waals surface area contributed by atoms with Crippen LogP contribution in [0.4, 0.5) is 10.1 Å². The molecule has 1 heterocycles. The molecule has 2 rings (SSSR count). The molecule has 0 aliphatic heterocycles. The van der Waals surface area contributed by atoms with Crippen molar-refractivity contribution in [2.75, 3.05) is 5.32 Å². The van der Waals surface area contributed by atoms with Crippen LogP contribution in [0.2, 0.25) is 0 Å². The standard InChI is InChI=1S/C14H15FN2S2/c1-8-3-6-13(19-8)9(2)17-10-4-5-11(14(16)18)12(15)7-10/h3-7,9,17H,1-2H3,(H2,16,18). The number of hydrogen-bond acceptors (Lipinski definition) is 3. The van der Waals surface area contributed by atoms with Crippen molar-refractivity contribution >= 4 is 34.2 Å². The molecule has 19 heavy (non-hydrogen) atoms. The summed E-state index contributed by atoms with van der Waals surface area (Å²) in [7, 11) is 0. The van der Waals surface area contributed by atoms with Crippen LogP contribution in [-0.2, 0) is 0 Å². The third-order valence-electron chi connectivity index (χ3n) is 2.81. The fraction of sp³-hybridized carbons (Fsp3) is 0.214. The number of anilines is 1. The van der Waals surface area contributed by atoms with E-state index < -0.39 is 5.82 Å². The Kier molecular flexibility index (Phi) is 4.17. The quantitative estimate of drug-likeness (QED) is 0.837. The maximum atomic E-state index is 13.8. The molecule has 2 aromatic rings. The fourth-order valence-electron chi connectivity index (χ4n) is 1.81. The summed E-state index contributed by atoms with van der Waals surface area (Å²) in [6, 6.07) is 9.10. The second-order valence-corrected chi connectivity index (χ2v) is 6.13. The zero-order chi connectivity index (χ0) is 14.0. The first-order valence-electron chi connectivity index (χ1n) is 5.89. The summed E-state index contributed by atoms with van der Waals surface area (Å²) in [4.78, 5) is 2.56. The summed E-state index contributed by atoms with van der Waals surface area (Å²) in [6.45, 7) is 4.11. The molecule has 1 aromatic heterocycles. The Balaban J connectivity index is 2.15. The number of thiophene rings is 1. The minimum Gasteiger partial charge on any atom is -0.389 e. The van der Waals surface area contributed by atoms with E-state index in [-0.39, 0.29) is 16.6 Å². The summed E-state index contributed by atoms with van der Waals surface area (Å²) in [5, 5.41) is 3.26. The lowest BCUT2D eigenvalue weighted by molar-refractivity contribution is 0.625. The van der Waals surface area contributed by atoms with Crippen molar-refractivity contribution in [1.82, 2.24) is 0 Å². The number of nitrogens with one attached hydrogen (secondary N) is 1. The molecule has 1 atom stereocenters. The second-order valence-electron chi connectivity index (χ2n) is 4.37. The lowest BCUT2D eigenvalue weighted by atomic mass is 10.1. The molecular formula is C14H15FN2S2. The average molecular weight is 294 g/mol. The van der Waals surface area contributed by atoms with Gasteiger partial charge < -0.3 is 11.1 Å². The lowest BCUT2D eigenvalue weighted by Gasteiger charge is -2.14. The molecule has 0 amide bonds. The largest absolute Gasteiger partial charge is 0.389 e. The van der Waals surface area contributed by atoms with Gasteiger partial charge in [0.25, 0.3) is 0 Å². The smallest absolute Gasteiger partial charge is 0.135 e. The van der Waals surface area contributed by atoms with Crippen LogP contribution in [0.1, 0.15) is 28.3 Å². The molecule has 0 spiro atoms. The van der Waals surface area contributed by atoms with Crippen molar-refractivity contribution in [1.29, 1.82) is 0 Å². The Morgan fingerprint density at radius 1 is 1.37 bits per heavy atom. The Bertz CT molecular complexity index is 607. The van der Waals surface area contributed by atoms with Crippen LogP contribution in [0.3, 0.4) is 0 Å². The van der Waals surface area contributed by atoms with Crippen molar-refractivity contribution in [2.24, 2.45) is 5.73 Å². The van der Waals surface area contributed by atoms with Crippen LogP contribution < -0.4 is 11.1 Å². The van der Waals surface area contributed by atoms with Crippen LogP contribution in [0.25, 0.3) is 0 Å². The number of thiocarbonyl (C=S) groups is 1. The van der Waals surface area contributed by atoms with Gasteiger partial charge in [0.15, 0.2) is 0 Å². The van der Waals surface area contributed by atoms with Crippen molar-refractivity contribution in [3.8, 4) is 0 Å². The van der Waals surface area contributed by atoms with Gasteiger partial charge in [-0.2, -0.15) is 0 Å². The second kappa shape index (κ2) is 5.67. The molecule has 1 aromatic carbocycles. The van der Waals surface area contributed by atoms with Gasteiger partial charge in [-0.3, -0.25) is 0 Å². The molecule has 2 nitrogen and oxygen atoms in total. The van der Waals surface area contributed by atoms with Gasteiger partial charge in [0.05, 0.1) is 6.04 Å². The minimum atomic E-state index is -0.396. The first kappa shape index (κ1) is 14.0. The molecule has 0 aliphatic carbocycles. The topological polar surface area (TPSA) is 38.0 Å². The monoisotopic (exact) mass is 294 g/mol. The highest BCUT2D eigenvalue weighted by molar-refractivity contribution is 7.80. The first-order chi connectivity index (χ1) is 8.97. The molecule has 0 saturated heterocycles. The predicted molar refractivity (Wildman–Crippen MR) is 83.4 cm³/mol. The third-order valence-corrected chi connectivity index (χ3v) is 4.21. The van der Waals surface area contributed by atoms with E-state index in [0.717, 1.165) is 5.69 Å². The van der Waals surface area contributed by atoms with Gasteiger partial charge in [-0.15, -0.1) is 11.3 Å². The van der Waals surface area contributed by atoms with E-state index in [4.69, 9.17) is 18.0 Å². The summed E-state index contributed by atoms with van der Waals surface area (Å²) < 4.78 is 13.8. The SMILES string of the molecule is Cc1ccc(C(C)Nc2ccc(C(N)=S)c(F)c2)s1. The van der Waals surface area contributed by atoms with E-state index in [9.17, 15) is 4.39 Å². The van der Waals surface area contributed by atoms with E-state index in [1.807, 2.05) is 6.92 Å². The van der Waals surface area contributed by atoms with E-state index in [0.29, 0.717) is 0 Å². The molecule has 0 saturated carbocycles. The molecule has 5 heteroatoms. The normalized spacial score (nSPS) is 12.2.